The zero-order chi connectivity index (χ0) is 16.4. The summed E-state index contributed by atoms with van der Waals surface area (Å²) in [7, 11) is 0. The normalized spacial score (nSPS) is 20.8. The van der Waals surface area contributed by atoms with Gasteiger partial charge in [-0.05, 0) is 17.7 Å². The van der Waals surface area contributed by atoms with E-state index in [4.69, 9.17) is 0 Å². The molecule has 1 aliphatic heterocycles. The molecule has 0 bridgehead atoms. The fourth-order valence-corrected chi connectivity index (χ4v) is 3.06. The van der Waals surface area contributed by atoms with Gasteiger partial charge in [0, 0.05) is 12.1 Å². The Morgan fingerprint density at radius 3 is 2.43 bits per heavy atom. The molecule has 2 aromatic rings. The van der Waals surface area contributed by atoms with Crippen molar-refractivity contribution in [3.05, 3.63) is 76.8 Å². The molecule has 2 heterocycles. The van der Waals surface area contributed by atoms with Gasteiger partial charge in [0.1, 0.15) is 5.82 Å². The lowest BCUT2D eigenvalue weighted by atomic mass is 9.83. The van der Waals surface area contributed by atoms with Gasteiger partial charge in [0.25, 0.3) is 5.91 Å². The van der Waals surface area contributed by atoms with Gasteiger partial charge in [0.05, 0.1) is 22.6 Å². The predicted molar refractivity (Wildman–Crippen MR) is 84.6 cm³/mol. The summed E-state index contributed by atoms with van der Waals surface area (Å²) in [5.41, 5.74) is 1.03. The van der Waals surface area contributed by atoms with E-state index < -0.39 is 12.0 Å². The number of allylic oxidation sites excluding steroid dienone is 1. The van der Waals surface area contributed by atoms with Gasteiger partial charge in [-0.2, -0.15) is 9.83 Å². The van der Waals surface area contributed by atoms with Gasteiger partial charge < -0.3 is 5.32 Å². The van der Waals surface area contributed by atoms with E-state index in [1.807, 2.05) is 6.07 Å². The van der Waals surface area contributed by atoms with Crippen molar-refractivity contribution in [3.63, 3.8) is 0 Å². The molecule has 114 valence electrons. The van der Waals surface area contributed by atoms with Gasteiger partial charge in [-0.15, -0.1) is 12.6 Å². The van der Waals surface area contributed by atoms with E-state index in [-0.39, 0.29) is 16.8 Å². The summed E-state index contributed by atoms with van der Waals surface area (Å²) in [6.45, 7) is 0. The number of hydrogen-bond donors (Lipinski definition) is 2. The van der Waals surface area contributed by atoms with Crippen LogP contribution in [0, 0.1) is 17.1 Å². The number of amides is 1. The predicted octanol–water partition coefficient (Wildman–Crippen LogP) is 2.23. The van der Waals surface area contributed by atoms with Crippen LogP contribution in [0.3, 0.4) is 0 Å². The van der Waals surface area contributed by atoms with Crippen molar-refractivity contribution < 1.29 is 13.8 Å². The summed E-state index contributed by atoms with van der Waals surface area (Å²) in [6.07, 6.45) is 3.53. The van der Waals surface area contributed by atoms with Crippen LogP contribution in [0.15, 0.2) is 65.5 Å². The molecule has 0 saturated heterocycles. The first-order valence-corrected chi connectivity index (χ1v) is 7.42. The van der Waals surface area contributed by atoms with Crippen molar-refractivity contribution in [3.8, 4) is 6.07 Å². The van der Waals surface area contributed by atoms with Crippen LogP contribution in [-0.2, 0) is 4.79 Å². The van der Waals surface area contributed by atoms with E-state index in [1.54, 1.807) is 41.2 Å². The molecule has 0 fully saturated rings. The number of carbonyl (C=O) groups is 1. The van der Waals surface area contributed by atoms with Crippen LogP contribution in [0.5, 0.6) is 0 Å². The highest BCUT2D eigenvalue weighted by Crippen LogP contribution is 2.37. The number of rotatable bonds is 2. The first-order chi connectivity index (χ1) is 11.1. The Hall–Kier alpha value is -2.65. The van der Waals surface area contributed by atoms with Crippen molar-refractivity contribution >= 4 is 18.5 Å². The number of benzene rings is 1. The molecule has 1 amide bonds. The molecule has 1 aliphatic rings. The summed E-state index contributed by atoms with van der Waals surface area (Å²) in [4.78, 5) is 12.5. The van der Waals surface area contributed by atoms with Gasteiger partial charge in [-0.25, -0.2) is 4.39 Å². The number of thiol groups is 1. The summed E-state index contributed by atoms with van der Waals surface area (Å²) < 4.78 is 15.0. The number of hydrogen-bond acceptors (Lipinski definition) is 3. The fourth-order valence-electron chi connectivity index (χ4n) is 2.76. The minimum atomic E-state index is -0.646. The van der Waals surface area contributed by atoms with Gasteiger partial charge in [0.15, 0.2) is 12.4 Å². The SMILES string of the molecule is N#CC1=C(S)NC(=O)C([n+]2ccccc2)C1c1ccc(F)cc1. The maximum absolute atomic E-state index is 13.2. The van der Waals surface area contributed by atoms with E-state index >= 15 is 0 Å². The molecule has 0 aliphatic carbocycles. The van der Waals surface area contributed by atoms with Crippen LogP contribution >= 0.6 is 12.6 Å². The minimum absolute atomic E-state index is 0.236. The summed E-state index contributed by atoms with van der Waals surface area (Å²) in [6, 6.07) is 12.8. The van der Waals surface area contributed by atoms with E-state index in [2.05, 4.69) is 24.0 Å². The number of nitrogens with one attached hydrogen (secondary N) is 1. The molecule has 3 rings (SSSR count). The molecular formula is C17H13FN3OS+. The van der Waals surface area contributed by atoms with Crippen molar-refractivity contribution in [2.45, 2.75) is 12.0 Å². The van der Waals surface area contributed by atoms with Crippen molar-refractivity contribution in [2.75, 3.05) is 0 Å². The molecule has 23 heavy (non-hydrogen) atoms. The van der Waals surface area contributed by atoms with Gasteiger partial charge in [-0.3, -0.25) is 4.79 Å². The van der Waals surface area contributed by atoms with Crippen LogP contribution in [-0.4, -0.2) is 5.91 Å². The first-order valence-electron chi connectivity index (χ1n) is 6.97. The van der Waals surface area contributed by atoms with Crippen LogP contribution in [0.2, 0.25) is 0 Å². The summed E-state index contributed by atoms with van der Waals surface area (Å²) in [5, 5.41) is 12.4. The maximum Gasteiger partial charge on any atom is 0.294 e. The average Bonchev–Trinajstić information content (AvgIpc) is 2.56. The van der Waals surface area contributed by atoms with Crippen molar-refractivity contribution in [1.82, 2.24) is 5.32 Å². The lowest BCUT2D eigenvalue weighted by Crippen LogP contribution is -2.53. The molecule has 1 N–H and O–H groups in total. The molecule has 2 atom stereocenters. The third kappa shape index (κ3) is 2.83. The Kier molecular flexibility index (Phi) is 4.13. The number of carbonyl (C=O) groups excluding carboxylic acids is 1. The van der Waals surface area contributed by atoms with Gasteiger partial charge in [0.2, 0.25) is 6.04 Å². The Morgan fingerprint density at radius 2 is 1.83 bits per heavy atom. The van der Waals surface area contributed by atoms with Gasteiger partial charge in [-0.1, -0.05) is 18.2 Å². The van der Waals surface area contributed by atoms with E-state index in [9.17, 15) is 14.4 Å². The van der Waals surface area contributed by atoms with Crippen LogP contribution in [0.1, 0.15) is 17.5 Å². The Labute approximate surface area is 138 Å². The third-order valence-electron chi connectivity index (χ3n) is 3.80. The molecule has 1 aromatic carbocycles. The zero-order valence-electron chi connectivity index (χ0n) is 12.0. The topological polar surface area (TPSA) is 56.8 Å². The Morgan fingerprint density at radius 1 is 1.17 bits per heavy atom. The molecule has 2 unspecified atom stereocenters. The number of nitriles is 1. The average molecular weight is 326 g/mol. The number of nitrogens with zero attached hydrogens (tertiary/aromatic N) is 2. The molecule has 0 saturated carbocycles. The molecule has 0 spiro atoms. The Balaban J connectivity index is 2.18. The second kappa shape index (κ2) is 6.23. The van der Waals surface area contributed by atoms with E-state index in [0.29, 0.717) is 11.1 Å². The highest BCUT2D eigenvalue weighted by molar-refractivity contribution is 7.84. The Bertz CT molecular complexity index is 812. The molecular weight excluding hydrogens is 313 g/mol. The largest absolute Gasteiger partial charge is 0.314 e. The van der Waals surface area contributed by atoms with Crippen LogP contribution in [0.4, 0.5) is 4.39 Å². The van der Waals surface area contributed by atoms with E-state index in [1.165, 1.54) is 12.1 Å². The van der Waals surface area contributed by atoms with Crippen LogP contribution < -0.4 is 9.88 Å². The highest BCUT2D eigenvalue weighted by atomic mass is 32.1. The third-order valence-corrected chi connectivity index (χ3v) is 4.15. The second-order valence-corrected chi connectivity index (χ2v) is 5.61. The molecule has 4 nitrogen and oxygen atoms in total. The summed E-state index contributed by atoms with van der Waals surface area (Å²) >= 11 is 4.22. The second-order valence-electron chi connectivity index (χ2n) is 5.16. The van der Waals surface area contributed by atoms with Crippen molar-refractivity contribution in [1.29, 1.82) is 5.26 Å². The quantitative estimate of drug-likeness (QED) is 0.657. The minimum Gasteiger partial charge on any atom is -0.314 e. The lowest BCUT2D eigenvalue weighted by molar-refractivity contribution is -0.711. The highest BCUT2D eigenvalue weighted by Gasteiger charge is 2.44. The van der Waals surface area contributed by atoms with Crippen molar-refractivity contribution in [2.24, 2.45) is 0 Å². The van der Waals surface area contributed by atoms with Crippen LogP contribution in [0.25, 0.3) is 0 Å². The first kappa shape index (κ1) is 15.3. The fraction of sp³-hybridized carbons (Fsp3) is 0.118. The number of halogens is 1. The number of aromatic nitrogens is 1. The molecule has 1 aromatic heterocycles. The molecule has 0 radical (unpaired) electrons. The van der Waals surface area contributed by atoms with E-state index in [0.717, 1.165) is 0 Å². The standard InChI is InChI=1S/C17H12FN3OS/c18-12-6-4-11(5-7-12)14-13(10-19)17(23)20-16(22)15(14)21-8-2-1-3-9-21/h1-9,14-15H,(H-,20,22,23)/p+1. The molecule has 6 heteroatoms. The monoisotopic (exact) mass is 326 g/mol. The smallest absolute Gasteiger partial charge is 0.294 e. The maximum atomic E-state index is 13.2. The van der Waals surface area contributed by atoms with Gasteiger partial charge >= 0.3 is 0 Å². The summed E-state index contributed by atoms with van der Waals surface area (Å²) in [5.74, 6) is -1.17. The number of pyridine rings is 1. The lowest BCUT2D eigenvalue weighted by Gasteiger charge is -2.27. The zero-order valence-corrected chi connectivity index (χ0v) is 12.9.